The van der Waals surface area contributed by atoms with E-state index in [9.17, 15) is 0 Å². The number of likely N-dealkylation sites (N-methyl/N-ethyl adjacent to an activating group) is 1. The molecular formula is C11H19IN4. The summed E-state index contributed by atoms with van der Waals surface area (Å²) in [6, 6.07) is 0. The van der Waals surface area contributed by atoms with Crippen LogP contribution in [0.1, 0.15) is 20.3 Å². The van der Waals surface area contributed by atoms with E-state index in [0.29, 0.717) is 5.95 Å². The van der Waals surface area contributed by atoms with E-state index in [1.54, 1.807) is 0 Å². The molecule has 1 rings (SSSR count). The van der Waals surface area contributed by atoms with Gasteiger partial charge in [-0.05, 0) is 42.1 Å². The average Bonchev–Trinajstić information content (AvgIpc) is 2.30. The molecule has 0 saturated heterocycles. The summed E-state index contributed by atoms with van der Waals surface area (Å²) in [5.41, 5.74) is 0. The lowest BCUT2D eigenvalue weighted by Crippen LogP contribution is -2.29. The fraction of sp³-hybridized carbons (Fsp3) is 0.636. The molecule has 0 atom stereocenters. The Balaban J connectivity index is 2.26. The third-order valence-electron chi connectivity index (χ3n) is 2.32. The Hall–Kier alpha value is -0.430. The number of halogens is 1. The molecule has 5 heteroatoms. The molecule has 16 heavy (non-hydrogen) atoms. The summed E-state index contributed by atoms with van der Waals surface area (Å²) in [7, 11) is 0. The van der Waals surface area contributed by atoms with E-state index >= 15 is 0 Å². The molecule has 0 spiro atoms. The van der Waals surface area contributed by atoms with Crippen LogP contribution in [0, 0.1) is 3.57 Å². The van der Waals surface area contributed by atoms with Gasteiger partial charge in [0.1, 0.15) is 0 Å². The highest BCUT2D eigenvalue weighted by Gasteiger charge is 2.00. The van der Waals surface area contributed by atoms with Crippen molar-refractivity contribution in [2.24, 2.45) is 0 Å². The van der Waals surface area contributed by atoms with Gasteiger partial charge < -0.3 is 10.2 Å². The highest BCUT2D eigenvalue weighted by molar-refractivity contribution is 14.1. The molecule has 1 N–H and O–H groups in total. The predicted molar refractivity (Wildman–Crippen MR) is 75.6 cm³/mol. The van der Waals surface area contributed by atoms with Crippen LogP contribution in [-0.2, 0) is 0 Å². The Kier molecular flexibility index (Phi) is 6.63. The Bertz CT molecular complexity index is 289. The lowest BCUT2D eigenvalue weighted by molar-refractivity contribution is 0.300. The maximum absolute atomic E-state index is 4.20. The standard InChI is InChI=1S/C11H19IN4/c1-3-6-16(4-2)7-5-13-11-14-8-10(12)9-15-11/h8-9H,3-7H2,1-2H3,(H,13,14,15). The maximum Gasteiger partial charge on any atom is 0.222 e. The summed E-state index contributed by atoms with van der Waals surface area (Å²) in [5.74, 6) is 0.716. The van der Waals surface area contributed by atoms with Crippen LogP contribution in [0.3, 0.4) is 0 Å². The summed E-state index contributed by atoms with van der Waals surface area (Å²) in [6.07, 6.45) is 4.84. The molecule has 0 unspecified atom stereocenters. The normalized spacial score (nSPS) is 10.8. The zero-order valence-corrected chi connectivity index (χ0v) is 12.1. The molecule has 4 nitrogen and oxygen atoms in total. The van der Waals surface area contributed by atoms with Gasteiger partial charge in [0.25, 0.3) is 0 Å². The third kappa shape index (κ3) is 5.07. The van der Waals surface area contributed by atoms with Crippen LogP contribution in [0.5, 0.6) is 0 Å². The van der Waals surface area contributed by atoms with Crippen LogP contribution >= 0.6 is 22.6 Å². The minimum atomic E-state index is 0.716. The summed E-state index contributed by atoms with van der Waals surface area (Å²) >= 11 is 2.20. The van der Waals surface area contributed by atoms with Gasteiger partial charge in [0, 0.05) is 29.1 Å². The van der Waals surface area contributed by atoms with E-state index in [0.717, 1.165) is 29.7 Å². The van der Waals surface area contributed by atoms with Crippen LogP contribution in [0.2, 0.25) is 0 Å². The summed E-state index contributed by atoms with van der Waals surface area (Å²) in [6.45, 7) is 8.60. The second-order valence-electron chi connectivity index (χ2n) is 3.59. The Morgan fingerprint density at radius 1 is 1.25 bits per heavy atom. The Morgan fingerprint density at radius 2 is 1.94 bits per heavy atom. The molecule has 0 fully saturated rings. The van der Waals surface area contributed by atoms with E-state index in [2.05, 4.69) is 56.6 Å². The van der Waals surface area contributed by atoms with E-state index in [4.69, 9.17) is 0 Å². The molecule has 1 aromatic rings. The summed E-state index contributed by atoms with van der Waals surface area (Å²) in [4.78, 5) is 10.8. The minimum absolute atomic E-state index is 0.716. The van der Waals surface area contributed by atoms with Gasteiger partial charge in [0.05, 0.1) is 0 Å². The van der Waals surface area contributed by atoms with Crippen LogP contribution < -0.4 is 5.32 Å². The van der Waals surface area contributed by atoms with Gasteiger partial charge >= 0.3 is 0 Å². The van der Waals surface area contributed by atoms with Crippen molar-refractivity contribution < 1.29 is 0 Å². The molecule has 1 aromatic heterocycles. The zero-order valence-electron chi connectivity index (χ0n) is 9.91. The maximum atomic E-state index is 4.20. The molecule has 0 aromatic carbocycles. The lowest BCUT2D eigenvalue weighted by atomic mass is 10.4. The van der Waals surface area contributed by atoms with Crippen molar-refractivity contribution in [3.8, 4) is 0 Å². The molecule has 0 saturated carbocycles. The van der Waals surface area contributed by atoms with Gasteiger partial charge in [0.15, 0.2) is 0 Å². The molecular weight excluding hydrogens is 315 g/mol. The van der Waals surface area contributed by atoms with Gasteiger partial charge in [0.2, 0.25) is 5.95 Å². The molecule has 0 amide bonds. The molecule has 0 aliphatic rings. The summed E-state index contributed by atoms with van der Waals surface area (Å²) < 4.78 is 1.06. The first kappa shape index (κ1) is 13.6. The molecule has 90 valence electrons. The topological polar surface area (TPSA) is 41.0 Å². The first-order valence-corrected chi connectivity index (χ1v) is 6.78. The Morgan fingerprint density at radius 3 is 2.50 bits per heavy atom. The van der Waals surface area contributed by atoms with Crippen molar-refractivity contribution in [3.63, 3.8) is 0 Å². The second-order valence-corrected chi connectivity index (χ2v) is 4.83. The van der Waals surface area contributed by atoms with Gasteiger partial charge in [-0.15, -0.1) is 0 Å². The zero-order chi connectivity index (χ0) is 11.8. The molecule has 0 bridgehead atoms. The first-order valence-electron chi connectivity index (χ1n) is 5.70. The first-order chi connectivity index (χ1) is 7.76. The molecule has 1 heterocycles. The van der Waals surface area contributed by atoms with Crippen LogP contribution in [-0.4, -0.2) is 41.0 Å². The van der Waals surface area contributed by atoms with Crippen molar-refractivity contribution in [2.75, 3.05) is 31.5 Å². The number of rotatable bonds is 7. The van der Waals surface area contributed by atoms with Crippen LogP contribution in [0.25, 0.3) is 0 Å². The predicted octanol–water partition coefficient (Wildman–Crippen LogP) is 2.23. The number of nitrogens with one attached hydrogen (secondary N) is 1. The monoisotopic (exact) mass is 334 g/mol. The van der Waals surface area contributed by atoms with Crippen molar-refractivity contribution >= 4 is 28.5 Å². The van der Waals surface area contributed by atoms with E-state index in [1.807, 2.05) is 12.4 Å². The van der Waals surface area contributed by atoms with Crippen molar-refractivity contribution in [2.45, 2.75) is 20.3 Å². The van der Waals surface area contributed by atoms with E-state index < -0.39 is 0 Å². The van der Waals surface area contributed by atoms with Crippen molar-refractivity contribution in [1.82, 2.24) is 14.9 Å². The lowest BCUT2D eigenvalue weighted by Gasteiger charge is -2.19. The number of nitrogens with zero attached hydrogens (tertiary/aromatic N) is 3. The number of hydrogen-bond donors (Lipinski definition) is 1. The largest absolute Gasteiger partial charge is 0.353 e. The molecule has 0 radical (unpaired) electrons. The molecule has 0 aliphatic heterocycles. The second kappa shape index (κ2) is 7.78. The fourth-order valence-corrected chi connectivity index (χ4v) is 1.75. The quantitative estimate of drug-likeness (QED) is 0.777. The van der Waals surface area contributed by atoms with Gasteiger partial charge in [-0.3, -0.25) is 0 Å². The fourth-order valence-electron chi connectivity index (χ4n) is 1.47. The highest BCUT2D eigenvalue weighted by atomic mass is 127. The van der Waals surface area contributed by atoms with E-state index in [1.165, 1.54) is 6.42 Å². The number of aromatic nitrogens is 2. The third-order valence-corrected chi connectivity index (χ3v) is 2.88. The number of anilines is 1. The minimum Gasteiger partial charge on any atom is -0.353 e. The van der Waals surface area contributed by atoms with Gasteiger partial charge in [-0.1, -0.05) is 13.8 Å². The highest BCUT2D eigenvalue weighted by Crippen LogP contribution is 2.02. The molecule has 0 aliphatic carbocycles. The smallest absolute Gasteiger partial charge is 0.222 e. The van der Waals surface area contributed by atoms with Crippen LogP contribution in [0.4, 0.5) is 5.95 Å². The Labute approximate surface area is 111 Å². The van der Waals surface area contributed by atoms with Gasteiger partial charge in [-0.25, -0.2) is 9.97 Å². The average molecular weight is 334 g/mol. The van der Waals surface area contributed by atoms with E-state index in [-0.39, 0.29) is 0 Å². The summed E-state index contributed by atoms with van der Waals surface area (Å²) in [5, 5.41) is 3.23. The van der Waals surface area contributed by atoms with Crippen molar-refractivity contribution in [1.29, 1.82) is 0 Å². The van der Waals surface area contributed by atoms with Crippen molar-refractivity contribution in [3.05, 3.63) is 16.0 Å². The van der Waals surface area contributed by atoms with Crippen LogP contribution in [0.15, 0.2) is 12.4 Å². The SMILES string of the molecule is CCCN(CC)CCNc1ncc(I)cn1. The van der Waals surface area contributed by atoms with Gasteiger partial charge in [-0.2, -0.15) is 0 Å². The number of hydrogen-bond acceptors (Lipinski definition) is 4.